The molecule has 33 heavy (non-hydrogen) atoms. The van der Waals surface area contributed by atoms with Crippen LogP contribution in [0.3, 0.4) is 0 Å². The third-order valence-corrected chi connectivity index (χ3v) is 4.51. The van der Waals surface area contributed by atoms with Crippen molar-refractivity contribution >= 4 is 54.1 Å². The highest BCUT2D eigenvalue weighted by molar-refractivity contribution is 7.80. The summed E-state index contributed by atoms with van der Waals surface area (Å²) in [6.45, 7) is 0. The van der Waals surface area contributed by atoms with Gasteiger partial charge in [-0.3, -0.25) is 28.8 Å². The molecule has 5 amide bonds. The Labute approximate surface area is 193 Å². The smallest absolute Gasteiger partial charge is 0.327 e. The van der Waals surface area contributed by atoms with Crippen molar-refractivity contribution in [2.45, 2.75) is 56.3 Å². The number of carbonyl (C=O) groups is 7. The lowest BCUT2D eigenvalue weighted by Gasteiger charge is -2.24. The lowest BCUT2D eigenvalue weighted by Crippen LogP contribution is -2.57. The molecule has 0 aliphatic carbocycles. The number of nitrogens with two attached hydrogens (primary N) is 3. The molecule has 0 aromatic carbocycles. The number of primary amides is 2. The molecule has 0 bridgehead atoms. The molecule has 0 fully saturated rings. The highest BCUT2D eigenvalue weighted by Gasteiger charge is 2.30. The summed E-state index contributed by atoms with van der Waals surface area (Å²) in [6, 6.07) is -5.75. The van der Waals surface area contributed by atoms with Gasteiger partial charge in [-0.2, -0.15) is 12.6 Å². The van der Waals surface area contributed by atoms with Crippen LogP contribution in [0.2, 0.25) is 0 Å². The van der Waals surface area contributed by atoms with Gasteiger partial charge >= 0.3 is 11.9 Å². The first kappa shape index (κ1) is 29.6. The molecule has 0 aliphatic heterocycles. The first-order valence-electron chi connectivity index (χ1n) is 9.57. The van der Waals surface area contributed by atoms with Gasteiger partial charge in [0.2, 0.25) is 29.5 Å². The second-order valence-corrected chi connectivity index (χ2v) is 7.28. The third kappa shape index (κ3) is 12.3. The number of carboxylic acids is 2. The monoisotopic (exact) mass is 492 g/mol. The van der Waals surface area contributed by atoms with E-state index in [9.17, 15) is 33.6 Å². The fraction of sp³-hybridized carbons (Fsp3) is 0.588. The number of rotatable bonds is 16. The van der Waals surface area contributed by atoms with Gasteiger partial charge in [0.15, 0.2) is 0 Å². The van der Waals surface area contributed by atoms with Crippen LogP contribution >= 0.6 is 12.6 Å². The molecule has 186 valence electrons. The van der Waals surface area contributed by atoms with Crippen molar-refractivity contribution in [1.29, 1.82) is 0 Å². The summed E-state index contributed by atoms with van der Waals surface area (Å²) in [5, 5.41) is 24.5. The second-order valence-electron chi connectivity index (χ2n) is 6.92. The zero-order valence-electron chi connectivity index (χ0n) is 17.5. The quantitative estimate of drug-likeness (QED) is 0.0936. The maximum atomic E-state index is 12.7. The van der Waals surface area contributed by atoms with Crippen LogP contribution < -0.4 is 33.2 Å². The van der Waals surface area contributed by atoms with Crippen LogP contribution in [0.15, 0.2) is 0 Å². The number of nitrogens with one attached hydrogen (secondary N) is 3. The van der Waals surface area contributed by atoms with Gasteiger partial charge in [0, 0.05) is 18.6 Å². The Bertz CT molecular complexity index is 778. The number of amides is 5. The molecule has 0 saturated carbocycles. The van der Waals surface area contributed by atoms with E-state index >= 15 is 0 Å². The Morgan fingerprint density at radius 3 is 1.58 bits per heavy atom. The maximum Gasteiger partial charge on any atom is 0.327 e. The van der Waals surface area contributed by atoms with Crippen LogP contribution in [0.4, 0.5) is 0 Å². The average Bonchev–Trinajstić information content (AvgIpc) is 2.70. The standard InChI is InChI=1S/C17H28N6O9S/c18-7(5-12(20)25)14(28)21-9(2-4-13(26)27)15(29)22-8(1-3-11(19)24)16(30)23-10(6-33)17(31)32/h7-10,33H,1-6,18H2,(H2,19,24)(H2,20,25)(H,21,28)(H,22,29)(H,23,30)(H,26,27)(H,31,32). The van der Waals surface area contributed by atoms with E-state index in [2.05, 4.69) is 28.6 Å². The first-order chi connectivity index (χ1) is 15.3. The van der Waals surface area contributed by atoms with Gasteiger partial charge in [-0.25, -0.2) is 4.79 Å². The number of thiol groups is 1. The zero-order valence-corrected chi connectivity index (χ0v) is 18.4. The van der Waals surface area contributed by atoms with Gasteiger partial charge < -0.3 is 43.4 Å². The topological polar surface area (TPSA) is 274 Å². The molecule has 0 aromatic rings. The van der Waals surface area contributed by atoms with Crippen molar-refractivity contribution in [3.8, 4) is 0 Å². The predicted molar refractivity (Wildman–Crippen MR) is 114 cm³/mol. The van der Waals surface area contributed by atoms with E-state index in [1.165, 1.54) is 0 Å². The van der Waals surface area contributed by atoms with Crippen LogP contribution in [-0.2, 0) is 33.6 Å². The normalized spacial score (nSPS) is 14.1. The Morgan fingerprint density at radius 2 is 1.18 bits per heavy atom. The van der Waals surface area contributed by atoms with E-state index in [-0.39, 0.29) is 18.6 Å². The Balaban J connectivity index is 5.55. The molecule has 4 atom stereocenters. The van der Waals surface area contributed by atoms with Gasteiger partial charge in [0.05, 0.1) is 12.5 Å². The van der Waals surface area contributed by atoms with Crippen LogP contribution in [0.25, 0.3) is 0 Å². The van der Waals surface area contributed by atoms with E-state index in [0.29, 0.717) is 0 Å². The molecule has 15 nitrogen and oxygen atoms in total. The van der Waals surface area contributed by atoms with E-state index < -0.39 is 84.9 Å². The first-order valence-corrected chi connectivity index (χ1v) is 10.2. The molecule has 0 rings (SSSR count). The Kier molecular flexibility index (Phi) is 13.1. The van der Waals surface area contributed by atoms with Crippen molar-refractivity contribution in [2.75, 3.05) is 5.75 Å². The van der Waals surface area contributed by atoms with E-state index in [0.717, 1.165) is 0 Å². The minimum Gasteiger partial charge on any atom is -0.481 e. The minimum absolute atomic E-state index is 0.271. The van der Waals surface area contributed by atoms with Crippen LogP contribution in [0.1, 0.15) is 32.1 Å². The van der Waals surface area contributed by atoms with Crippen LogP contribution in [-0.4, -0.2) is 81.6 Å². The van der Waals surface area contributed by atoms with Gasteiger partial charge in [-0.05, 0) is 12.8 Å². The van der Waals surface area contributed by atoms with Gasteiger partial charge in [0.25, 0.3) is 0 Å². The largest absolute Gasteiger partial charge is 0.481 e. The molecule has 0 heterocycles. The molecule has 0 aliphatic rings. The SMILES string of the molecule is NC(=O)CCC(NC(=O)C(CCC(=O)O)NC(=O)C(N)CC(N)=O)C(=O)NC(CS)C(=O)O. The third-order valence-electron chi connectivity index (χ3n) is 4.15. The molecule has 11 N–H and O–H groups in total. The summed E-state index contributed by atoms with van der Waals surface area (Å²) < 4.78 is 0. The van der Waals surface area contributed by atoms with Crippen LogP contribution in [0, 0.1) is 0 Å². The van der Waals surface area contributed by atoms with E-state index in [1.807, 2.05) is 0 Å². The fourth-order valence-corrected chi connectivity index (χ4v) is 2.66. The number of aliphatic carboxylic acids is 2. The molecule has 0 aromatic heterocycles. The van der Waals surface area contributed by atoms with Crippen molar-refractivity contribution in [3.05, 3.63) is 0 Å². The van der Waals surface area contributed by atoms with E-state index in [4.69, 9.17) is 27.4 Å². The van der Waals surface area contributed by atoms with E-state index in [1.54, 1.807) is 0 Å². The summed E-state index contributed by atoms with van der Waals surface area (Å²) in [5.41, 5.74) is 15.5. The summed E-state index contributed by atoms with van der Waals surface area (Å²) in [6.07, 6.45) is -2.17. The van der Waals surface area contributed by atoms with Crippen LogP contribution in [0.5, 0.6) is 0 Å². The number of hydrogen-bond acceptors (Lipinski definition) is 9. The minimum atomic E-state index is -1.49. The second kappa shape index (κ2) is 14.6. The van der Waals surface area contributed by atoms with Crippen molar-refractivity contribution < 1.29 is 43.8 Å². The lowest BCUT2D eigenvalue weighted by molar-refractivity contribution is -0.141. The summed E-state index contributed by atoms with van der Waals surface area (Å²) >= 11 is 3.81. The average molecular weight is 493 g/mol. The zero-order chi connectivity index (χ0) is 25.7. The molecule has 0 saturated heterocycles. The number of carbonyl (C=O) groups excluding carboxylic acids is 5. The fourth-order valence-electron chi connectivity index (χ4n) is 2.41. The molecular formula is C17H28N6O9S. The summed E-state index contributed by atoms with van der Waals surface area (Å²) in [7, 11) is 0. The number of hydrogen-bond donors (Lipinski definition) is 9. The number of carboxylic acid groups (broad SMARTS) is 2. The predicted octanol–water partition coefficient (Wildman–Crippen LogP) is -4.21. The maximum absolute atomic E-state index is 12.7. The van der Waals surface area contributed by atoms with Crippen molar-refractivity contribution in [2.24, 2.45) is 17.2 Å². The highest BCUT2D eigenvalue weighted by atomic mass is 32.1. The van der Waals surface area contributed by atoms with Gasteiger partial charge in [0.1, 0.15) is 18.1 Å². The van der Waals surface area contributed by atoms with Gasteiger partial charge in [-0.15, -0.1) is 0 Å². The summed E-state index contributed by atoms with van der Waals surface area (Å²) in [5.74, 6) is -7.61. The summed E-state index contributed by atoms with van der Waals surface area (Å²) in [4.78, 5) is 81.4. The molecule has 4 unspecified atom stereocenters. The van der Waals surface area contributed by atoms with Crippen molar-refractivity contribution in [3.63, 3.8) is 0 Å². The van der Waals surface area contributed by atoms with Gasteiger partial charge in [-0.1, -0.05) is 0 Å². The molecule has 16 heteroatoms. The highest BCUT2D eigenvalue weighted by Crippen LogP contribution is 2.05. The Hall–Kier alpha value is -3.40. The molecule has 0 radical (unpaired) electrons. The Morgan fingerprint density at radius 1 is 0.727 bits per heavy atom. The molecule has 0 spiro atoms. The molecular weight excluding hydrogens is 464 g/mol. The van der Waals surface area contributed by atoms with Crippen molar-refractivity contribution in [1.82, 2.24) is 16.0 Å². The lowest BCUT2D eigenvalue weighted by atomic mass is 10.1.